The number of ketones is 1. The van der Waals surface area contributed by atoms with Crippen LogP contribution < -0.4 is 0 Å². The van der Waals surface area contributed by atoms with Crippen molar-refractivity contribution in [1.82, 2.24) is 0 Å². The third-order valence-electron chi connectivity index (χ3n) is 3.14. The van der Waals surface area contributed by atoms with Crippen LogP contribution in [-0.2, 0) is 0 Å². The molecule has 19 heavy (non-hydrogen) atoms. The number of carbonyl (C=O) groups excluding carboxylic acids is 1. The number of non-ortho nitro benzene ring substituents is 1. The summed E-state index contributed by atoms with van der Waals surface area (Å²) in [5.74, 6) is -0.0375. The van der Waals surface area contributed by atoms with Crippen molar-refractivity contribution < 1.29 is 9.72 Å². The third kappa shape index (κ3) is 1.83. The van der Waals surface area contributed by atoms with Crippen LogP contribution in [0.15, 0.2) is 48.5 Å². The predicted octanol–water partition coefficient (Wildman–Crippen LogP) is 3.33. The molecule has 0 unspecified atom stereocenters. The Hall–Kier alpha value is -2.75. The molecule has 2 aromatic carbocycles. The highest BCUT2D eigenvalue weighted by atomic mass is 16.6. The Bertz CT molecular complexity index is 714. The number of carbonyl (C=O) groups is 1. The standard InChI is InChI=1S/C15H9NO3/c17-15-13-4-2-1-3-11(13)9-14(15)10-5-7-12(8-6-10)16(18)19/h1-9H. The first-order chi connectivity index (χ1) is 9.16. The predicted molar refractivity (Wildman–Crippen MR) is 71.7 cm³/mol. The smallest absolute Gasteiger partial charge is 0.269 e. The lowest BCUT2D eigenvalue weighted by molar-refractivity contribution is -0.384. The monoisotopic (exact) mass is 251 g/mol. The fraction of sp³-hybridized carbons (Fsp3) is 0. The molecule has 0 aliphatic heterocycles. The zero-order chi connectivity index (χ0) is 13.4. The molecule has 0 bridgehead atoms. The summed E-state index contributed by atoms with van der Waals surface area (Å²) in [5.41, 5.74) is 2.87. The molecule has 1 aliphatic rings. The van der Waals surface area contributed by atoms with Crippen LogP contribution in [0, 0.1) is 10.1 Å². The number of rotatable bonds is 2. The van der Waals surface area contributed by atoms with Gasteiger partial charge in [0.1, 0.15) is 0 Å². The van der Waals surface area contributed by atoms with Gasteiger partial charge in [-0.05, 0) is 29.3 Å². The molecule has 0 radical (unpaired) electrons. The van der Waals surface area contributed by atoms with Crippen molar-refractivity contribution in [3.8, 4) is 0 Å². The molecular formula is C15H9NO3. The van der Waals surface area contributed by atoms with Crippen LogP contribution in [0.3, 0.4) is 0 Å². The number of nitro groups is 1. The number of Topliss-reactive ketones (excluding diaryl/α,β-unsaturated/α-hetero) is 1. The van der Waals surface area contributed by atoms with Crippen LogP contribution in [0.25, 0.3) is 11.6 Å². The van der Waals surface area contributed by atoms with E-state index in [0.717, 1.165) is 5.56 Å². The van der Waals surface area contributed by atoms with Crippen LogP contribution in [0.5, 0.6) is 0 Å². The fourth-order valence-electron chi connectivity index (χ4n) is 2.17. The number of nitrogens with zero attached hydrogens (tertiary/aromatic N) is 1. The zero-order valence-corrected chi connectivity index (χ0v) is 9.87. The topological polar surface area (TPSA) is 60.2 Å². The number of hydrogen-bond donors (Lipinski definition) is 0. The number of hydrogen-bond acceptors (Lipinski definition) is 3. The molecule has 0 saturated carbocycles. The summed E-state index contributed by atoms with van der Waals surface area (Å²) >= 11 is 0. The second-order valence-electron chi connectivity index (χ2n) is 4.28. The summed E-state index contributed by atoms with van der Waals surface area (Å²) in [6, 6.07) is 13.4. The number of nitro benzene ring substituents is 1. The Morgan fingerprint density at radius 2 is 1.63 bits per heavy atom. The Labute approximate surface area is 109 Å². The molecule has 0 heterocycles. The first-order valence-corrected chi connectivity index (χ1v) is 5.77. The van der Waals surface area contributed by atoms with Crippen LogP contribution in [0.1, 0.15) is 21.5 Å². The molecule has 1 aliphatic carbocycles. The number of benzene rings is 2. The van der Waals surface area contributed by atoms with E-state index in [0.29, 0.717) is 16.7 Å². The lowest BCUT2D eigenvalue weighted by atomic mass is 10.0. The Balaban J connectivity index is 2.01. The van der Waals surface area contributed by atoms with E-state index in [-0.39, 0.29) is 11.5 Å². The van der Waals surface area contributed by atoms with Crippen LogP contribution in [0.2, 0.25) is 0 Å². The average molecular weight is 251 g/mol. The molecule has 92 valence electrons. The minimum atomic E-state index is -0.455. The van der Waals surface area contributed by atoms with Gasteiger partial charge in [0, 0.05) is 23.3 Å². The Morgan fingerprint density at radius 1 is 0.947 bits per heavy atom. The highest BCUT2D eigenvalue weighted by Gasteiger charge is 2.23. The Morgan fingerprint density at radius 3 is 2.26 bits per heavy atom. The highest BCUT2D eigenvalue weighted by molar-refractivity contribution is 6.37. The molecule has 0 atom stereocenters. The maximum atomic E-state index is 12.2. The van der Waals surface area contributed by atoms with Crippen molar-refractivity contribution in [2.45, 2.75) is 0 Å². The Kier molecular flexibility index (Phi) is 2.49. The van der Waals surface area contributed by atoms with Crippen molar-refractivity contribution in [2.24, 2.45) is 0 Å². The summed E-state index contributed by atoms with van der Waals surface area (Å²) in [5, 5.41) is 10.6. The number of allylic oxidation sites excluding steroid dienone is 1. The maximum absolute atomic E-state index is 12.2. The van der Waals surface area contributed by atoms with E-state index in [9.17, 15) is 14.9 Å². The summed E-state index contributed by atoms with van der Waals surface area (Å²) in [7, 11) is 0. The van der Waals surface area contributed by atoms with Crippen molar-refractivity contribution in [3.05, 3.63) is 75.3 Å². The van der Waals surface area contributed by atoms with Gasteiger partial charge in [0.15, 0.2) is 5.78 Å². The molecule has 0 aromatic heterocycles. The first kappa shape index (κ1) is 11.3. The lowest BCUT2D eigenvalue weighted by Gasteiger charge is -2.01. The molecule has 3 rings (SSSR count). The summed E-state index contributed by atoms with van der Waals surface area (Å²) in [6.07, 6.45) is 1.82. The van der Waals surface area contributed by atoms with Gasteiger partial charge in [-0.25, -0.2) is 0 Å². The van der Waals surface area contributed by atoms with Gasteiger partial charge in [0.2, 0.25) is 0 Å². The fourth-order valence-corrected chi connectivity index (χ4v) is 2.17. The normalized spacial score (nSPS) is 13.1. The van der Waals surface area contributed by atoms with Crippen molar-refractivity contribution in [2.75, 3.05) is 0 Å². The number of fused-ring (bicyclic) bond motifs is 1. The third-order valence-corrected chi connectivity index (χ3v) is 3.14. The maximum Gasteiger partial charge on any atom is 0.269 e. The van der Waals surface area contributed by atoms with Gasteiger partial charge >= 0.3 is 0 Å². The van der Waals surface area contributed by atoms with E-state index >= 15 is 0 Å². The molecule has 0 saturated heterocycles. The van der Waals surface area contributed by atoms with E-state index in [4.69, 9.17) is 0 Å². The van der Waals surface area contributed by atoms with E-state index in [1.54, 1.807) is 18.2 Å². The van der Waals surface area contributed by atoms with Gasteiger partial charge in [-0.1, -0.05) is 24.3 Å². The minimum Gasteiger partial charge on any atom is -0.289 e. The minimum absolute atomic E-state index is 0.0207. The SMILES string of the molecule is O=C1C(c2ccc([N+](=O)[O-])cc2)=Cc2ccccc21. The largest absolute Gasteiger partial charge is 0.289 e. The van der Waals surface area contributed by atoms with Crippen molar-refractivity contribution in [1.29, 1.82) is 0 Å². The molecule has 2 aromatic rings. The molecular weight excluding hydrogens is 242 g/mol. The van der Waals surface area contributed by atoms with Crippen LogP contribution in [-0.4, -0.2) is 10.7 Å². The summed E-state index contributed by atoms with van der Waals surface area (Å²) < 4.78 is 0. The molecule has 0 fully saturated rings. The van der Waals surface area contributed by atoms with Crippen LogP contribution >= 0.6 is 0 Å². The van der Waals surface area contributed by atoms with E-state index in [1.807, 2.05) is 24.3 Å². The van der Waals surface area contributed by atoms with Gasteiger partial charge in [0.05, 0.1) is 4.92 Å². The van der Waals surface area contributed by atoms with Gasteiger partial charge in [-0.3, -0.25) is 14.9 Å². The second kappa shape index (κ2) is 4.17. The molecule has 0 spiro atoms. The van der Waals surface area contributed by atoms with Gasteiger partial charge in [0.25, 0.3) is 5.69 Å². The van der Waals surface area contributed by atoms with E-state index in [1.165, 1.54) is 12.1 Å². The van der Waals surface area contributed by atoms with E-state index in [2.05, 4.69) is 0 Å². The average Bonchev–Trinajstić information content (AvgIpc) is 2.77. The van der Waals surface area contributed by atoms with Gasteiger partial charge in [-0.2, -0.15) is 0 Å². The molecule has 0 N–H and O–H groups in total. The molecule has 4 nitrogen and oxygen atoms in total. The van der Waals surface area contributed by atoms with Gasteiger partial charge in [-0.15, -0.1) is 0 Å². The van der Waals surface area contributed by atoms with Gasteiger partial charge < -0.3 is 0 Å². The summed E-state index contributed by atoms with van der Waals surface area (Å²) in [4.78, 5) is 22.4. The lowest BCUT2D eigenvalue weighted by Crippen LogP contribution is -1.98. The van der Waals surface area contributed by atoms with E-state index < -0.39 is 4.92 Å². The molecule has 4 heteroatoms. The first-order valence-electron chi connectivity index (χ1n) is 5.77. The van der Waals surface area contributed by atoms with Crippen molar-refractivity contribution in [3.63, 3.8) is 0 Å². The highest BCUT2D eigenvalue weighted by Crippen LogP contribution is 2.31. The second-order valence-corrected chi connectivity index (χ2v) is 4.28. The quantitative estimate of drug-likeness (QED) is 0.607. The van der Waals surface area contributed by atoms with Crippen molar-refractivity contribution >= 4 is 23.1 Å². The zero-order valence-electron chi connectivity index (χ0n) is 9.87. The van der Waals surface area contributed by atoms with Crippen LogP contribution in [0.4, 0.5) is 5.69 Å². The molecule has 0 amide bonds. The summed E-state index contributed by atoms with van der Waals surface area (Å²) in [6.45, 7) is 0.